The Morgan fingerprint density at radius 1 is 1.33 bits per heavy atom. The fraction of sp³-hybridized carbons (Fsp3) is 0.462. The molecule has 1 amide bonds. The van der Waals surface area contributed by atoms with E-state index in [1.165, 1.54) is 12.5 Å². The maximum absolute atomic E-state index is 10.9. The highest BCUT2D eigenvalue weighted by atomic mass is 16.3. The van der Waals surface area contributed by atoms with E-state index in [9.17, 15) is 9.90 Å². The van der Waals surface area contributed by atoms with Gasteiger partial charge in [0.05, 0.1) is 12.6 Å². The number of amides is 1. The molecule has 1 aromatic carbocycles. The van der Waals surface area contributed by atoms with Gasteiger partial charge in [0.1, 0.15) is 6.23 Å². The van der Waals surface area contributed by atoms with Gasteiger partial charge in [-0.1, -0.05) is 29.8 Å². The van der Waals surface area contributed by atoms with Crippen molar-refractivity contribution in [3.63, 3.8) is 0 Å². The van der Waals surface area contributed by atoms with Gasteiger partial charge in [0.25, 0.3) is 0 Å². The van der Waals surface area contributed by atoms with E-state index in [2.05, 4.69) is 10.6 Å². The van der Waals surface area contributed by atoms with Crippen molar-refractivity contribution in [2.75, 3.05) is 6.61 Å². The molecule has 1 rings (SSSR count). The van der Waals surface area contributed by atoms with Crippen LogP contribution in [-0.2, 0) is 11.3 Å². The standard InChI is InChI=1S/C13H20N2O3/c1-9-3-5-11(6-4-9)7-14-13(18)12(8-16)15-10(2)17/h3-6,12-14,16,18H,7-8H2,1-2H3,(H,15,17)/t12-,13?/m1/s1. The first-order valence-electron chi connectivity index (χ1n) is 5.88. The highest BCUT2D eigenvalue weighted by molar-refractivity contribution is 5.73. The summed E-state index contributed by atoms with van der Waals surface area (Å²) in [4.78, 5) is 10.9. The third kappa shape index (κ3) is 4.83. The molecule has 100 valence electrons. The molecule has 0 heterocycles. The number of hydrogen-bond donors (Lipinski definition) is 4. The minimum absolute atomic E-state index is 0.287. The maximum Gasteiger partial charge on any atom is 0.217 e. The van der Waals surface area contributed by atoms with Gasteiger partial charge in [-0.2, -0.15) is 0 Å². The van der Waals surface area contributed by atoms with E-state index >= 15 is 0 Å². The molecule has 0 spiro atoms. The molecule has 5 nitrogen and oxygen atoms in total. The molecular weight excluding hydrogens is 232 g/mol. The van der Waals surface area contributed by atoms with Gasteiger partial charge >= 0.3 is 0 Å². The second-order valence-corrected chi connectivity index (χ2v) is 4.30. The first kappa shape index (κ1) is 14.6. The lowest BCUT2D eigenvalue weighted by atomic mass is 10.1. The molecule has 1 unspecified atom stereocenters. The minimum atomic E-state index is -0.986. The van der Waals surface area contributed by atoms with Gasteiger partial charge in [0.15, 0.2) is 0 Å². The highest BCUT2D eigenvalue weighted by Gasteiger charge is 2.18. The van der Waals surface area contributed by atoms with Crippen molar-refractivity contribution in [1.29, 1.82) is 0 Å². The number of rotatable bonds is 6. The average molecular weight is 252 g/mol. The van der Waals surface area contributed by atoms with Crippen LogP contribution < -0.4 is 10.6 Å². The number of hydrogen-bond acceptors (Lipinski definition) is 4. The lowest BCUT2D eigenvalue weighted by Crippen LogP contribution is -2.51. The van der Waals surface area contributed by atoms with Crippen LogP contribution in [0.4, 0.5) is 0 Å². The molecule has 1 aromatic rings. The normalized spacial score (nSPS) is 14.0. The van der Waals surface area contributed by atoms with Crippen LogP contribution in [0.15, 0.2) is 24.3 Å². The molecule has 0 radical (unpaired) electrons. The smallest absolute Gasteiger partial charge is 0.217 e. The third-order valence-electron chi connectivity index (χ3n) is 2.60. The number of aliphatic hydroxyl groups excluding tert-OH is 2. The fourth-order valence-corrected chi connectivity index (χ4v) is 1.56. The number of aryl methyl sites for hydroxylation is 1. The second kappa shape index (κ2) is 7.10. The van der Waals surface area contributed by atoms with Gasteiger partial charge in [-0.05, 0) is 12.5 Å². The first-order valence-corrected chi connectivity index (χ1v) is 5.88. The van der Waals surface area contributed by atoms with Crippen LogP contribution in [0.1, 0.15) is 18.1 Å². The number of nitrogens with one attached hydrogen (secondary N) is 2. The van der Waals surface area contributed by atoms with Gasteiger partial charge in [-0.15, -0.1) is 0 Å². The molecule has 0 aromatic heterocycles. The summed E-state index contributed by atoms with van der Waals surface area (Å²) in [5, 5.41) is 24.2. The fourth-order valence-electron chi connectivity index (χ4n) is 1.56. The summed E-state index contributed by atoms with van der Waals surface area (Å²) in [5.74, 6) is -0.287. The zero-order valence-corrected chi connectivity index (χ0v) is 10.7. The van der Waals surface area contributed by atoms with E-state index in [-0.39, 0.29) is 12.5 Å². The number of carbonyl (C=O) groups excluding carboxylic acids is 1. The highest BCUT2D eigenvalue weighted by Crippen LogP contribution is 2.03. The largest absolute Gasteiger partial charge is 0.394 e. The lowest BCUT2D eigenvalue weighted by Gasteiger charge is -2.22. The van der Waals surface area contributed by atoms with Gasteiger partial charge < -0.3 is 15.5 Å². The minimum Gasteiger partial charge on any atom is -0.394 e. The van der Waals surface area contributed by atoms with E-state index in [0.29, 0.717) is 6.54 Å². The van der Waals surface area contributed by atoms with E-state index < -0.39 is 12.3 Å². The Kier molecular flexibility index (Phi) is 5.77. The van der Waals surface area contributed by atoms with Gasteiger partial charge in [-0.3, -0.25) is 10.1 Å². The Morgan fingerprint density at radius 2 is 1.94 bits per heavy atom. The lowest BCUT2D eigenvalue weighted by molar-refractivity contribution is -0.121. The number of benzene rings is 1. The van der Waals surface area contributed by atoms with E-state index in [0.717, 1.165) is 5.56 Å². The van der Waals surface area contributed by atoms with Crippen LogP contribution in [0.2, 0.25) is 0 Å². The Balaban J connectivity index is 2.46. The summed E-state index contributed by atoms with van der Waals surface area (Å²) in [6.07, 6.45) is -0.986. The van der Waals surface area contributed by atoms with Crippen molar-refractivity contribution in [2.45, 2.75) is 32.7 Å². The predicted octanol–water partition coefficient (Wildman–Crippen LogP) is -0.1000. The summed E-state index contributed by atoms with van der Waals surface area (Å²) in [6, 6.07) is 7.19. The second-order valence-electron chi connectivity index (χ2n) is 4.30. The maximum atomic E-state index is 10.9. The van der Waals surface area contributed by atoms with Crippen molar-refractivity contribution < 1.29 is 15.0 Å². The van der Waals surface area contributed by atoms with Crippen LogP contribution in [-0.4, -0.2) is 35.0 Å². The Labute approximate surface area is 107 Å². The van der Waals surface area contributed by atoms with Crippen LogP contribution >= 0.6 is 0 Å². The molecule has 0 saturated carbocycles. The Hall–Kier alpha value is -1.43. The predicted molar refractivity (Wildman–Crippen MR) is 68.7 cm³/mol. The van der Waals surface area contributed by atoms with Crippen LogP contribution in [0, 0.1) is 6.92 Å². The quantitative estimate of drug-likeness (QED) is 0.533. The van der Waals surface area contributed by atoms with E-state index in [1.807, 2.05) is 31.2 Å². The number of aliphatic hydroxyl groups is 2. The van der Waals surface area contributed by atoms with Crippen LogP contribution in [0.25, 0.3) is 0 Å². The molecule has 0 saturated heterocycles. The molecule has 0 aliphatic heterocycles. The summed E-state index contributed by atoms with van der Waals surface area (Å²) in [5.41, 5.74) is 2.20. The molecule has 4 N–H and O–H groups in total. The average Bonchev–Trinajstić information content (AvgIpc) is 2.34. The van der Waals surface area contributed by atoms with E-state index in [4.69, 9.17) is 5.11 Å². The van der Waals surface area contributed by atoms with Crippen LogP contribution in [0.3, 0.4) is 0 Å². The molecule has 0 bridgehead atoms. The summed E-state index contributed by atoms with van der Waals surface area (Å²) in [6.45, 7) is 3.50. The van der Waals surface area contributed by atoms with Crippen molar-refractivity contribution in [3.05, 3.63) is 35.4 Å². The molecule has 5 heteroatoms. The molecule has 18 heavy (non-hydrogen) atoms. The molecule has 0 aliphatic rings. The zero-order chi connectivity index (χ0) is 13.5. The van der Waals surface area contributed by atoms with Crippen molar-refractivity contribution in [2.24, 2.45) is 0 Å². The molecule has 0 fully saturated rings. The molecular formula is C13H20N2O3. The SMILES string of the molecule is CC(=O)N[C@H](CO)C(O)NCc1ccc(C)cc1. The molecule has 0 aliphatic carbocycles. The number of carbonyl (C=O) groups is 1. The summed E-state index contributed by atoms with van der Waals surface area (Å²) in [7, 11) is 0. The zero-order valence-electron chi connectivity index (χ0n) is 10.7. The first-order chi connectivity index (χ1) is 8.52. The summed E-state index contributed by atoms with van der Waals surface area (Å²) < 4.78 is 0. The van der Waals surface area contributed by atoms with Gasteiger partial charge in [-0.25, -0.2) is 0 Å². The van der Waals surface area contributed by atoms with Gasteiger partial charge in [0, 0.05) is 13.5 Å². The van der Waals surface area contributed by atoms with Crippen molar-refractivity contribution in [1.82, 2.24) is 10.6 Å². The van der Waals surface area contributed by atoms with Gasteiger partial charge in [0.2, 0.25) is 5.91 Å². The van der Waals surface area contributed by atoms with Crippen molar-refractivity contribution >= 4 is 5.91 Å². The van der Waals surface area contributed by atoms with Crippen molar-refractivity contribution in [3.8, 4) is 0 Å². The Morgan fingerprint density at radius 3 is 2.44 bits per heavy atom. The molecule has 2 atom stereocenters. The van der Waals surface area contributed by atoms with E-state index in [1.54, 1.807) is 0 Å². The third-order valence-corrected chi connectivity index (χ3v) is 2.60. The van der Waals surface area contributed by atoms with Crippen LogP contribution in [0.5, 0.6) is 0 Å². The summed E-state index contributed by atoms with van der Waals surface area (Å²) >= 11 is 0. The Bertz CT molecular complexity index is 378. The topological polar surface area (TPSA) is 81.6 Å². The monoisotopic (exact) mass is 252 g/mol.